The predicted molar refractivity (Wildman–Crippen MR) is 111 cm³/mol. The third-order valence-electron chi connectivity index (χ3n) is 3.64. The number of guanidine groups is 1. The lowest BCUT2D eigenvalue weighted by atomic mass is 10.2. The van der Waals surface area contributed by atoms with Gasteiger partial charge in [0.1, 0.15) is 11.4 Å². The fourth-order valence-electron chi connectivity index (χ4n) is 2.43. The van der Waals surface area contributed by atoms with E-state index in [2.05, 4.69) is 25.9 Å². The first-order chi connectivity index (χ1) is 13.8. The van der Waals surface area contributed by atoms with Crippen LogP contribution in [0.25, 0.3) is 5.69 Å². The summed E-state index contributed by atoms with van der Waals surface area (Å²) < 4.78 is 21.1. The topological polar surface area (TPSA) is 92.6 Å². The molecule has 1 aromatic carbocycles. The second-order valence-electron chi connectivity index (χ2n) is 7.31. The molecule has 0 radical (unpaired) electrons. The van der Waals surface area contributed by atoms with Gasteiger partial charge in [0.2, 0.25) is 0 Å². The summed E-state index contributed by atoms with van der Waals surface area (Å²) in [6.07, 6.45) is 4.38. The fraction of sp³-hybridized carbons (Fsp3) is 0.450. The molecule has 1 aromatic heterocycles. The second kappa shape index (κ2) is 10.4. The number of hydrogen-bond donors (Lipinski definition) is 3. The molecule has 0 atom stereocenters. The number of halogens is 1. The lowest BCUT2D eigenvalue weighted by Crippen LogP contribution is -2.42. The van der Waals surface area contributed by atoms with Crippen molar-refractivity contribution in [2.45, 2.75) is 39.8 Å². The van der Waals surface area contributed by atoms with Crippen LogP contribution in [0, 0.1) is 5.82 Å². The number of benzene rings is 1. The summed E-state index contributed by atoms with van der Waals surface area (Å²) in [6, 6.07) is 5.00. The number of carbonyl (C=O) groups is 1. The van der Waals surface area contributed by atoms with Crippen LogP contribution in [0.1, 0.15) is 33.3 Å². The quantitative estimate of drug-likeness (QED) is 0.375. The number of nitrogens with one attached hydrogen (secondary N) is 3. The van der Waals surface area contributed by atoms with E-state index in [1.165, 1.54) is 6.07 Å². The summed E-state index contributed by atoms with van der Waals surface area (Å²) in [5.74, 6) is 0.243. The van der Waals surface area contributed by atoms with Gasteiger partial charge in [-0.15, -0.1) is 0 Å². The molecule has 3 N–H and O–H groups in total. The Morgan fingerprint density at radius 3 is 2.62 bits per heavy atom. The molecule has 0 bridgehead atoms. The molecule has 158 valence electrons. The molecule has 1 amide bonds. The third-order valence-corrected chi connectivity index (χ3v) is 3.64. The van der Waals surface area contributed by atoms with E-state index >= 15 is 0 Å². The predicted octanol–water partition coefficient (Wildman–Crippen LogP) is 2.59. The van der Waals surface area contributed by atoms with Gasteiger partial charge >= 0.3 is 6.09 Å². The molecular weight excluding hydrogens is 375 g/mol. The van der Waals surface area contributed by atoms with Crippen molar-refractivity contribution < 1.29 is 13.9 Å². The third kappa shape index (κ3) is 7.81. The number of imidazole rings is 1. The molecule has 0 aliphatic heterocycles. The zero-order valence-electron chi connectivity index (χ0n) is 17.3. The number of amides is 1. The van der Waals surface area contributed by atoms with Gasteiger partial charge in [-0.1, -0.05) is 6.07 Å². The Morgan fingerprint density at radius 2 is 2.00 bits per heavy atom. The first-order valence-electron chi connectivity index (χ1n) is 9.54. The maximum atomic E-state index is 14.3. The van der Waals surface area contributed by atoms with Gasteiger partial charge in [-0.05, 0) is 45.4 Å². The van der Waals surface area contributed by atoms with Gasteiger partial charge in [-0.3, -0.25) is 0 Å². The molecule has 0 saturated carbocycles. The second-order valence-corrected chi connectivity index (χ2v) is 7.31. The van der Waals surface area contributed by atoms with Crippen molar-refractivity contribution >= 4 is 12.1 Å². The molecule has 29 heavy (non-hydrogen) atoms. The van der Waals surface area contributed by atoms with E-state index in [1.807, 2.05) is 33.8 Å². The van der Waals surface area contributed by atoms with Gasteiger partial charge < -0.3 is 25.3 Å². The van der Waals surface area contributed by atoms with Gasteiger partial charge in [0.25, 0.3) is 0 Å². The summed E-state index contributed by atoms with van der Waals surface area (Å²) in [5.41, 5.74) is 0.653. The standard InChI is InChI=1S/C20H29FN6O2/c1-5-23-18(24-8-9-25-19(28)29-20(2,3)4)26-13-15-6-7-17(16(21)12-15)27-11-10-22-14-27/h6-7,10-12,14H,5,8-9,13H2,1-4H3,(H,25,28)(H2,23,24,26). The number of aromatic nitrogens is 2. The maximum Gasteiger partial charge on any atom is 0.407 e. The van der Waals surface area contributed by atoms with Crippen LogP contribution < -0.4 is 16.0 Å². The van der Waals surface area contributed by atoms with E-state index < -0.39 is 11.7 Å². The van der Waals surface area contributed by atoms with Gasteiger partial charge in [0, 0.05) is 32.0 Å². The Kier molecular flexibility index (Phi) is 7.99. The van der Waals surface area contributed by atoms with E-state index in [1.54, 1.807) is 29.4 Å². The fourth-order valence-corrected chi connectivity index (χ4v) is 2.43. The van der Waals surface area contributed by atoms with Crippen LogP contribution in [0.15, 0.2) is 41.9 Å². The maximum absolute atomic E-state index is 14.3. The summed E-state index contributed by atoms with van der Waals surface area (Å²) in [6.45, 7) is 9.24. The summed E-state index contributed by atoms with van der Waals surface area (Å²) in [4.78, 5) is 20.0. The monoisotopic (exact) mass is 404 g/mol. The van der Waals surface area contributed by atoms with Crippen LogP contribution >= 0.6 is 0 Å². The van der Waals surface area contributed by atoms with E-state index in [0.29, 0.717) is 37.8 Å². The lowest BCUT2D eigenvalue weighted by molar-refractivity contribution is 0.0529. The number of hydrogen-bond acceptors (Lipinski definition) is 4. The molecule has 2 rings (SSSR count). The minimum absolute atomic E-state index is 0.315. The Hall–Kier alpha value is -3.10. The highest BCUT2D eigenvalue weighted by Crippen LogP contribution is 2.15. The molecule has 1 heterocycles. The average molecular weight is 404 g/mol. The molecule has 9 heteroatoms. The van der Waals surface area contributed by atoms with E-state index in [0.717, 1.165) is 5.56 Å². The lowest BCUT2D eigenvalue weighted by Gasteiger charge is -2.19. The van der Waals surface area contributed by atoms with E-state index in [-0.39, 0.29) is 5.82 Å². The highest BCUT2D eigenvalue weighted by Gasteiger charge is 2.15. The van der Waals surface area contributed by atoms with Crippen molar-refractivity contribution in [3.05, 3.63) is 48.3 Å². The van der Waals surface area contributed by atoms with Gasteiger partial charge in [0.05, 0.1) is 18.6 Å². The van der Waals surface area contributed by atoms with Crippen molar-refractivity contribution in [3.63, 3.8) is 0 Å². The highest BCUT2D eigenvalue weighted by atomic mass is 19.1. The molecule has 0 saturated heterocycles. The molecule has 2 aromatic rings. The first kappa shape index (κ1) is 22.2. The van der Waals surface area contributed by atoms with Gasteiger partial charge in [-0.25, -0.2) is 19.2 Å². The molecule has 0 aliphatic carbocycles. The number of rotatable bonds is 7. The van der Waals surface area contributed by atoms with Crippen molar-refractivity contribution in [1.82, 2.24) is 25.5 Å². The molecule has 0 unspecified atom stereocenters. The molecular formula is C20H29FN6O2. The molecule has 0 fully saturated rings. The van der Waals surface area contributed by atoms with Crippen LogP contribution in [0.3, 0.4) is 0 Å². The van der Waals surface area contributed by atoms with Crippen molar-refractivity contribution in [2.75, 3.05) is 19.6 Å². The summed E-state index contributed by atoms with van der Waals surface area (Å²) >= 11 is 0. The highest BCUT2D eigenvalue weighted by molar-refractivity contribution is 5.79. The summed E-state index contributed by atoms with van der Waals surface area (Å²) in [5, 5.41) is 8.91. The molecule has 8 nitrogen and oxygen atoms in total. The minimum Gasteiger partial charge on any atom is -0.444 e. The van der Waals surface area contributed by atoms with E-state index in [4.69, 9.17) is 4.74 Å². The van der Waals surface area contributed by atoms with Gasteiger partial charge in [-0.2, -0.15) is 0 Å². The Bertz CT molecular complexity index is 815. The normalized spacial score (nSPS) is 11.8. The number of ether oxygens (including phenoxy) is 1. The Morgan fingerprint density at radius 1 is 1.24 bits per heavy atom. The number of aliphatic imine (C=N–C) groups is 1. The largest absolute Gasteiger partial charge is 0.444 e. The number of nitrogens with zero attached hydrogens (tertiary/aromatic N) is 3. The van der Waals surface area contributed by atoms with Gasteiger partial charge in [0.15, 0.2) is 5.96 Å². The minimum atomic E-state index is -0.531. The van der Waals surface area contributed by atoms with E-state index in [9.17, 15) is 9.18 Å². The van der Waals surface area contributed by atoms with Crippen LogP contribution in [0.4, 0.5) is 9.18 Å². The van der Waals surface area contributed by atoms with Crippen LogP contribution in [-0.4, -0.2) is 46.8 Å². The van der Waals surface area contributed by atoms with Crippen molar-refractivity contribution in [1.29, 1.82) is 0 Å². The van der Waals surface area contributed by atoms with Crippen molar-refractivity contribution in [3.8, 4) is 5.69 Å². The zero-order valence-corrected chi connectivity index (χ0v) is 17.3. The van der Waals surface area contributed by atoms with Crippen molar-refractivity contribution in [2.24, 2.45) is 4.99 Å². The first-order valence-corrected chi connectivity index (χ1v) is 9.54. The van der Waals surface area contributed by atoms with Crippen LogP contribution in [0.2, 0.25) is 0 Å². The van der Waals surface area contributed by atoms with Crippen LogP contribution in [-0.2, 0) is 11.3 Å². The smallest absolute Gasteiger partial charge is 0.407 e. The van der Waals surface area contributed by atoms with Crippen LogP contribution in [0.5, 0.6) is 0 Å². The number of alkyl carbamates (subject to hydrolysis) is 1. The SMILES string of the molecule is CCNC(=NCc1ccc(-n2ccnc2)c(F)c1)NCCNC(=O)OC(C)(C)C. The number of carbonyl (C=O) groups excluding carboxylic acids is 1. The molecule has 0 spiro atoms. The summed E-state index contributed by atoms with van der Waals surface area (Å²) in [7, 11) is 0. The molecule has 0 aliphatic rings. The Balaban J connectivity index is 1.87. The Labute approximate surface area is 170 Å². The zero-order chi connectivity index (χ0) is 21.3. The average Bonchev–Trinajstić information content (AvgIpc) is 3.16.